The van der Waals surface area contributed by atoms with Crippen molar-refractivity contribution in [2.75, 3.05) is 11.1 Å². The highest BCUT2D eigenvalue weighted by atomic mass is 32.1. The van der Waals surface area contributed by atoms with E-state index in [1.165, 1.54) is 23.5 Å². The fourth-order valence-electron chi connectivity index (χ4n) is 1.90. The summed E-state index contributed by atoms with van der Waals surface area (Å²) < 4.78 is 14.3. The predicted octanol–water partition coefficient (Wildman–Crippen LogP) is 4.37. The average molecular weight is 258 g/mol. The van der Waals surface area contributed by atoms with E-state index in [1.54, 1.807) is 6.07 Å². The van der Waals surface area contributed by atoms with Gasteiger partial charge in [0, 0.05) is 15.8 Å². The van der Waals surface area contributed by atoms with E-state index in [-0.39, 0.29) is 5.82 Å². The molecule has 0 aliphatic heterocycles. The van der Waals surface area contributed by atoms with Gasteiger partial charge in [-0.05, 0) is 24.3 Å². The van der Waals surface area contributed by atoms with E-state index in [2.05, 4.69) is 5.32 Å². The van der Waals surface area contributed by atoms with Crippen molar-refractivity contribution in [3.05, 3.63) is 54.3 Å². The van der Waals surface area contributed by atoms with Crippen molar-refractivity contribution in [3.63, 3.8) is 0 Å². The molecule has 3 rings (SSSR count). The number of fused-ring (bicyclic) bond motifs is 1. The van der Waals surface area contributed by atoms with Crippen molar-refractivity contribution in [1.82, 2.24) is 0 Å². The summed E-state index contributed by atoms with van der Waals surface area (Å²) in [6.45, 7) is 0. The van der Waals surface area contributed by atoms with Crippen LogP contribution in [-0.4, -0.2) is 0 Å². The Morgan fingerprint density at radius 3 is 2.72 bits per heavy atom. The predicted molar refractivity (Wildman–Crippen MR) is 75.9 cm³/mol. The third-order valence-corrected chi connectivity index (χ3v) is 3.72. The first-order chi connectivity index (χ1) is 8.74. The van der Waals surface area contributed by atoms with E-state index < -0.39 is 0 Å². The Morgan fingerprint density at radius 2 is 1.89 bits per heavy atom. The molecule has 3 N–H and O–H groups in total. The van der Waals surface area contributed by atoms with Gasteiger partial charge >= 0.3 is 0 Å². The van der Waals surface area contributed by atoms with Gasteiger partial charge in [0.1, 0.15) is 10.8 Å². The maximum absolute atomic E-state index is 13.1. The molecule has 0 radical (unpaired) electrons. The fraction of sp³-hybridized carbons (Fsp3) is 0. The zero-order valence-corrected chi connectivity index (χ0v) is 10.3. The maximum Gasteiger partial charge on any atom is 0.125 e. The summed E-state index contributed by atoms with van der Waals surface area (Å²) in [7, 11) is 0. The van der Waals surface area contributed by atoms with Crippen LogP contribution < -0.4 is 11.1 Å². The van der Waals surface area contributed by atoms with Crippen molar-refractivity contribution >= 4 is 37.8 Å². The second-order valence-corrected chi connectivity index (χ2v) is 5.06. The van der Waals surface area contributed by atoms with E-state index >= 15 is 0 Å². The van der Waals surface area contributed by atoms with Gasteiger partial charge in [-0.2, -0.15) is 0 Å². The molecule has 90 valence electrons. The van der Waals surface area contributed by atoms with Gasteiger partial charge in [0.15, 0.2) is 0 Å². The summed E-state index contributed by atoms with van der Waals surface area (Å²) in [6.07, 6.45) is 0. The molecular weight excluding hydrogens is 247 g/mol. The first-order valence-corrected chi connectivity index (χ1v) is 6.35. The van der Waals surface area contributed by atoms with Crippen molar-refractivity contribution in [3.8, 4) is 0 Å². The van der Waals surface area contributed by atoms with Gasteiger partial charge in [0.05, 0.1) is 5.69 Å². The van der Waals surface area contributed by atoms with Crippen molar-refractivity contribution in [2.45, 2.75) is 0 Å². The monoisotopic (exact) mass is 258 g/mol. The lowest BCUT2D eigenvalue weighted by Gasteiger charge is -2.06. The van der Waals surface area contributed by atoms with Gasteiger partial charge < -0.3 is 11.1 Å². The molecule has 0 saturated heterocycles. The summed E-state index contributed by atoms with van der Waals surface area (Å²) >= 11 is 1.52. The zero-order chi connectivity index (χ0) is 12.5. The highest BCUT2D eigenvalue weighted by molar-refractivity contribution is 7.23. The molecule has 2 nitrogen and oxygen atoms in total. The van der Waals surface area contributed by atoms with Crippen LogP contribution in [0.1, 0.15) is 0 Å². The van der Waals surface area contributed by atoms with Crippen LogP contribution in [0.15, 0.2) is 48.5 Å². The minimum absolute atomic E-state index is 0.266. The van der Waals surface area contributed by atoms with Gasteiger partial charge in [0.25, 0.3) is 0 Å². The number of anilines is 3. The molecule has 4 heteroatoms. The summed E-state index contributed by atoms with van der Waals surface area (Å²) in [6, 6.07) is 14.3. The van der Waals surface area contributed by atoms with Crippen LogP contribution in [0.3, 0.4) is 0 Å². The largest absolute Gasteiger partial charge is 0.389 e. The van der Waals surface area contributed by atoms with E-state index in [0.29, 0.717) is 10.7 Å². The number of nitrogens with one attached hydrogen (secondary N) is 1. The Balaban J connectivity index is 2.07. The Morgan fingerprint density at radius 1 is 1.06 bits per heavy atom. The standard InChI is InChI=1S/C14H11FN2S/c15-9-4-3-5-10(8-9)17-13-11-6-1-2-7-12(11)18-14(13)16/h1-8,17H,16H2. The van der Waals surface area contributed by atoms with Gasteiger partial charge in [-0.1, -0.05) is 24.3 Å². The van der Waals surface area contributed by atoms with E-state index in [1.807, 2.05) is 30.3 Å². The topological polar surface area (TPSA) is 38.0 Å². The minimum Gasteiger partial charge on any atom is -0.389 e. The van der Waals surface area contributed by atoms with Gasteiger partial charge in [0.2, 0.25) is 0 Å². The number of benzene rings is 2. The molecule has 0 unspecified atom stereocenters. The molecule has 0 aliphatic carbocycles. The first kappa shape index (κ1) is 11.0. The number of hydrogen-bond donors (Lipinski definition) is 2. The normalized spacial score (nSPS) is 10.7. The Labute approximate surface area is 108 Å². The Hall–Kier alpha value is -2.07. The molecular formula is C14H11FN2S. The first-order valence-electron chi connectivity index (χ1n) is 5.53. The quantitative estimate of drug-likeness (QED) is 0.716. The third-order valence-electron chi connectivity index (χ3n) is 2.72. The number of nitrogen functional groups attached to an aromatic ring is 1. The molecule has 3 aromatic rings. The van der Waals surface area contributed by atoms with Crippen LogP contribution >= 0.6 is 11.3 Å². The second kappa shape index (κ2) is 4.31. The SMILES string of the molecule is Nc1sc2ccccc2c1Nc1cccc(F)c1. The molecule has 18 heavy (non-hydrogen) atoms. The fourth-order valence-corrected chi connectivity index (χ4v) is 2.83. The molecule has 0 amide bonds. The van der Waals surface area contributed by atoms with Crippen LogP contribution in [0.5, 0.6) is 0 Å². The van der Waals surface area contributed by atoms with E-state index in [4.69, 9.17) is 5.73 Å². The molecule has 0 spiro atoms. The van der Waals surface area contributed by atoms with Gasteiger partial charge in [-0.3, -0.25) is 0 Å². The number of thiophene rings is 1. The van der Waals surface area contributed by atoms with Crippen molar-refractivity contribution < 1.29 is 4.39 Å². The number of halogens is 1. The number of nitrogens with two attached hydrogens (primary N) is 1. The smallest absolute Gasteiger partial charge is 0.125 e. The van der Waals surface area contributed by atoms with Gasteiger partial charge in [-0.25, -0.2) is 4.39 Å². The van der Waals surface area contributed by atoms with Crippen molar-refractivity contribution in [1.29, 1.82) is 0 Å². The third kappa shape index (κ3) is 1.91. The summed E-state index contributed by atoms with van der Waals surface area (Å²) in [5, 5.41) is 4.95. The average Bonchev–Trinajstić information content (AvgIpc) is 2.66. The molecule has 0 aliphatic rings. The highest BCUT2D eigenvalue weighted by Gasteiger charge is 2.09. The maximum atomic E-state index is 13.1. The molecule has 0 saturated carbocycles. The summed E-state index contributed by atoms with van der Waals surface area (Å²) in [5.41, 5.74) is 7.55. The minimum atomic E-state index is -0.266. The number of hydrogen-bond acceptors (Lipinski definition) is 3. The van der Waals surface area contributed by atoms with Gasteiger partial charge in [-0.15, -0.1) is 11.3 Å². The second-order valence-electron chi connectivity index (χ2n) is 3.97. The van der Waals surface area contributed by atoms with Crippen LogP contribution in [0.25, 0.3) is 10.1 Å². The van der Waals surface area contributed by atoms with Crippen molar-refractivity contribution in [2.24, 2.45) is 0 Å². The lowest BCUT2D eigenvalue weighted by Crippen LogP contribution is -1.93. The lowest BCUT2D eigenvalue weighted by atomic mass is 10.2. The summed E-state index contributed by atoms with van der Waals surface area (Å²) in [4.78, 5) is 0. The van der Waals surface area contributed by atoms with Crippen LogP contribution in [0.2, 0.25) is 0 Å². The molecule has 1 heterocycles. The van der Waals surface area contributed by atoms with E-state index in [0.717, 1.165) is 15.8 Å². The van der Waals surface area contributed by atoms with Crippen LogP contribution in [0, 0.1) is 5.82 Å². The Bertz CT molecular complexity index is 706. The molecule has 2 aromatic carbocycles. The summed E-state index contributed by atoms with van der Waals surface area (Å²) in [5.74, 6) is -0.266. The zero-order valence-electron chi connectivity index (χ0n) is 9.48. The number of rotatable bonds is 2. The molecule has 1 aromatic heterocycles. The lowest BCUT2D eigenvalue weighted by molar-refractivity contribution is 0.628. The van der Waals surface area contributed by atoms with E-state index in [9.17, 15) is 4.39 Å². The van der Waals surface area contributed by atoms with Crippen LogP contribution in [-0.2, 0) is 0 Å². The molecule has 0 atom stereocenters. The molecule has 0 bridgehead atoms. The highest BCUT2D eigenvalue weighted by Crippen LogP contribution is 2.39. The van der Waals surface area contributed by atoms with Crippen LogP contribution in [0.4, 0.5) is 20.8 Å². The molecule has 0 fully saturated rings. The Kier molecular flexibility index (Phi) is 2.64.